The molecular formula is C8H16NO3. The molecule has 0 aliphatic heterocycles. The van der Waals surface area contributed by atoms with E-state index in [2.05, 4.69) is 5.32 Å². The third-order valence-corrected chi connectivity index (χ3v) is 0.968. The molecule has 0 aromatic heterocycles. The number of carbonyl (C=O) groups is 1. The van der Waals surface area contributed by atoms with Crippen molar-refractivity contribution < 1.29 is 14.6 Å². The first-order valence-electron chi connectivity index (χ1n) is 3.96. The van der Waals surface area contributed by atoms with E-state index in [-0.39, 0.29) is 19.1 Å². The molecule has 0 aliphatic carbocycles. The Morgan fingerprint density at radius 3 is 2.42 bits per heavy atom. The van der Waals surface area contributed by atoms with Gasteiger partial charge in [-0.3, -0.25) is 4.79 Å². The van der Waals surface area contributed by atoms with E-state index in [1.165, 1.54) is 0 Å². The lowest BCUT2D eigenvalue weighted by atomic mass is 10.2. The van der Waals surface area contributed by atoms with Crippen LogP contribution in [0.4, 0.5) is 0 Å². The number of carbonyl (C=O) groups excluding carboxylic acids is 1. The van der Waals surface area contributed by atoms with Crippen LogP contribution in [0.1, 0.15) is 20.8 Å². The smallest absolute Gasteiger partial charge is 0.320 e. The highest BCUT2D eigenvalue weighted by molar-refractivity contribution is 5.72. The molecule has 4 nitrogen and oxygen atoms in total. The van der Waals surface area contributed by atoms with Crippen molar-refractivity contribution in [1.29, 1.82) is 0 Å². The molecule has 0 spiro atoms. The van der Waals surface area contributed by atoms with Crippen molar-refractivity contribution in [3.8, 4) is 0 Å². The Balaban J connectivity index is 3.47. The largest absolute Gasteiger partial charge is 0.459 e. The average Bonchev–Trinajstić information content (AvgIpc) is 1.84. The Morgan fingerprint density at radius 2 is 2.00 bits per heavy atom. The molecule has 0 bridgehead atoms. The molecule has 0 atom stereocenters. The van der Waals surface area contributed by atoms with Crippen LogP contribution < -0.4 is 5.32 Å². The van der Waals surface area contributed by atoms with Gasteiger partial charge in [-0.2, -0.15) is 0 Å². The van der Waals surface area contributed by atoms with Crippen LogP contribution >= 0.6 is 0 Å². The zero-order valence-electron chi connectivity index (χ0n) is 7.85. The van der Waals surface area contributed by atoms with E-state index in [1.807, 2.05) is 0 Å². The SMILES string of the molecule is CC(C)(C)OC(=O)CNCC[O]. The molecule has 0 aliphatic rings. The van der Waals surface area contributed by atoms with E-state index in [9.17, 15) is 9.90 Å². The third kappa shape index (κ3) is 7.50. The van der Waals surface area contributed by atoms with E-state index in [0.717, 1.165) is 0 Å². The van der Waals surface area contributed by atoms with E-state index in [1.54, 1.807) is 20.8 Å². The average molecular weight is 174 g/mol. The van der Waals surface area contributed by atoms with Gasteiger partial charge in [-0.1, -0.05) is 0 Å². The van der Waals surface area contributed by atoms with E-state index in [0.29, 0.717) is 6.54 Å². The van der Waals surface area contributed by atoms with Gasteiger partial charge in [-0.05, 0) is 20.8 Å². The van der Waals surface area contributed by atoms with Crippen LogP contribution in [0.5, 0.6) is 0 Å². The van der Waals surface area contributed by atoms with Gasteiger partial charge >= 0.3 is 5.97 Å². The minimum absolute atomic E-state index is 0.111. The Morgan fingerprint density at radius 1 is 1.42 bits per heavy atom. The summed E-state index contributed by atoms with van der Waals surface area (Å²) in [5, 5.41) is 12.7. The molecule has 0 rings (SSSR count). The second kappa shape index (κ2) is 5.11. The molecule has 0 saturated heterocycles. The minimum Gasteiger partial charge on any atom is -0.459 e. The second-order valence-corrected chi connectivity index (χ2v) is 3.47. The van der Waals surface area contributed by atoms with Gasteiger partial charge in [0.1, 0.15) is 5.60 Å². The summed E-state index contributed by atoms with van der Waals surface area (Å²) >= 11 is 0. The Kier molecular flexibility index (Phi) is 4.85. The summed E-state index contributed by atoms with van der Waals surface area (Å²) < 4.78 is 4.98. The van der Waals surface area contributed by atoms with Crippen molar-refractivity contribution in [1.82, 2.24) is 5.32 Å². The number of ether oxygens (including phenoxy) is 1. The fourth-order valence-corrected chi connectivity index (χ4v) is 0.640. The zero-order valence-corrected chi connectivity index (χ0v) is 7.85. The van der Waals surface area contributed by atoms with Crippen molar-refractivity contribution in [2.45, 2.75) is 26.4 Å². The fraction of sp³-hybridized carbons (Fsp3) is 0.875. The molecule has 0 saturated carbocycles. The number of nitrogens with one attached hydrogen (secondary N) is 1. The van der Waals surface area contributed by atoms with Gasteiger partial charge in [-0.25, -0.2) is 5.11 Å². The normalized spacial score (nSPS) is 11.3. The number of rotatable bonds is 4. The Hall–Kier alpha value is -0.610. The van der Waals surface area contributed by atoms with Crippen LogP contribution in [0, 0.1) is 0 Å². The summed E-state index contributed by atoms with van der Waals surface area (Å²) in [5.41, 5.74) is -0.448. The molecule has 0 heterocycles. The lowest BCUT2D eigenvalue weighted by Crippen LogP contribution is -2.32. The molecule has 0 fully saturated rings. The summed E-state index contributed by atoms with van der Waals surface area (Å²) in [6, 6.07) is 0. The molecule has 1 N–H and O–H groups in total. The van der Waals surface area contributed by atoms with Crippen molar-refractivity contribution in [3.05, 3.63) is 0 Å². The molecule has 12 heavy (non-hydrogen) atoms. The molecule has 0 aromatic carbocycles. The highest BCUT2D eigenvalue weighted by Crippen LogP contribution is 2.05. The Labute approximate surface area is 72.9 Å². The van der Waals surface area contributed by atoms with Gasteiger partial charge in [0.05, 0.1) is 13.2 Å². The van der Waals surface area contributed by atoms with Crippen LogP contribution in [-0.2, 0) is 14.6 Å². The van der Waals surface area contributed by atoms with Crippen molar-refractivity contribution in [2.24, 2.45) is 0 Å². The summed E-state index contributed by atoms with van der Waals surface area (Å²) in [6.45, 7) is 5.61. The van der Waals surface area contributed by atoms with Gasteiger partial charge < -0.3 is 10.1 Å². The highest BCUT2D eigenvalue weighted by atomic mass is 16.6. The second-order valence-electron chi connectivity index (χ2n) is 3.47. The predicted molar refractivity (Wildman–Crippen MR) is 44.3 cm³/mol. The first-order chi connectivity index (χ1) is 5.45. The monoisotopic (exact) mass is 174 g/mol. The van der Waals surface area contributed by atoms with Crippen LogP contribution in [0.2, 0.25) is 0 Å². The van der Waals surface area contributed by atoms with Gasteiger partial charge in [0.2, 0.25) is 0 Å². The first-order valence-corrected chi connectivity index (χ1v) is 3.96. The topological polar surface area (TPSA) is 58.2 Å². The summed E-state index contributed by atoms with van der Waals surface area (Å²) in [4.78, 5) is 10.9. The van der Waals surface area contributed by atoms with Crippen LogP contribution in [0.15, 0.2) is 0 Å². The fourth-order valence-electron chi connectivity index (χ4n) is 0.640. The van der Waals surface area contributed by atoms with E-state index in [4.69, 9.17) is 4.74 Å². The van der Waals surface area contributed by atoms with Crippen LogP contribution in [0.25, 0.3) is 0 Å². The van der Waals surface area contributed by atoms with Gasteiger partial charge in [0.15, 0.2) is 0 Å². The van der Waals surface area contributed by atoms with Crippen molar-refractivity contribution >= 4 is 5.97 Å². The van der Waals surface area contributed by atoms with Crippen molar-refractivity contribution in [3.63, 3.8) is 0 Å². The maximum Gasteiger partial charge on any atom is 0.320 e. The molecule has 0 aromatic rings. The summed E-state index contributed by atoms with van der Waals surface area (Å²) in [7, 11) is 0. The van der Waals surface area contributed by atoms with E-state index < -0.39 is 5.60 Å². The van der Waals surface area contributed by atoms with Crippen LogP contribution in [0.3, 0.4) is 0 Å². The molecular weight excluding hydrogens is 158 g/mol. The first kappa shape index (κ1) is 11.4. The van der Waals surface area contributed by atoms with Gasteiger partial charge in [0.25, 0.3) is 0 Å². The van der Waals surface area contributed by atoms with Crippen molar-refractivity contribution in [2.75, 3.05) is 19.7 Å². The molecule has 1 radical (unpaired) electrons. The molecule has 0 unspecified atom stereocenters. The maximum atomic E-state index is 10.9. The molecule has 0 amide bonds. The summed E-state index contributed by atoms with van der Waals surface area (Å²) in [6.07, 6.45) is 0. The third-order valence-electron chi connectivity index (χ3n) is 0.968. The number of hydrogen-bond donors (Lipinski definition) is 1. The maximum absolute atomic E-state index is 10.9. The zero-order chi connectivity index (χ0) is 9.61. The molecule has 4 heteroatoms. The van der Waals surface area contributed by atoms with Gasteiger partial charge in [0, 0.05) is 6.54 Å². The number of esters is 1. The lowest BCUT2D eigenvalue weighted by molar-refractivity contribution is -0.153. The lowest BCUT2D eigenvalue weighted by Gasteiger charge is -2.19. The predicted octanol–water partition coefficient (Wildman–Crippen LogP) is 0.348. The quantitative estimate of drug-likeness (QED) is 0.494. The number of hydrogen-bond acceptors (Lipinski definition) is 3. The minimum atomic E-state index is -0.448. The van der Waals surface area contributed by atoms with E-state index >= 15 is 0 Å². The standard InChI is InChI=1S/C8H16NO3/c1-8(2,3)12-7(11)6-9-4-5-10/h9H,4-6H2,1-3H3. The van der Waals surface area contributed by atoms with Gasteiger partial charge in [-0.15, -0.1) is 0 Å². The highest BCUT2D eigenvalue weighted by Gasteiger charge is 2.15. The Bertz CT molecular complexity index is 140. The summed E-state index contributed by atoms with van der Waals surface area (Å²) in [5.74, 6) is -0.323. The molecule has 71 valence electrons. The van der Waals surface area contributed by atoms with Crippen LogP contribution in [-0.4, -0.2) is 31.3 Å².